The number of carbonyl (C=O) groups excluding carboxylic acids is 2. The maximum absolute atomic E-state index is 13.1. The van der Waals surface area contributed by atoms with Crippen LogP contribution < -0.4 is 0 Å². The van der Waals surface area contributed by atoms with E-state index in [0.717, 1.165) is 70.5 Å². The predicted octanol–water partition coefficient (Wildman–Crippen LogP) is 2.27. The van der Waals surface area contributed by atoms with Crippen molar-refractivity contribution in [2.24, 2.45) is 0 Å². The molecule has 0 aromatic heterocycles. The molecule has 2 aliphatic heterocycles. The highest BCUT2D eigenvalue weighted by Crippen LogP contribution is 2.49. The molecule has 0 N–H and O–H groups in total. The zero-order valence-corrected chi connectivity index (χ0v) is 16.2. The highest BCUT2D eigenvalue weighted by molar-refractivity contribution is 5.91. The first kappa shape index (κ1) is 18.5. The van der Waals surface area contributed by atoms with Gasteiger partial charge in [0.15, 0.2) is 0 Å². The van der Waals surface area contributed by atoms with E-state index in [9.17, 15) is 9.59 Å². The van der Waals surface area contributed by atoms with Crippen LogP contribution in [0.3, 0.4) is 0 Å². The maximum Gasteiger partial charge on any atom is 0.236 e. The topological polar surface area (TPSA) is 43.9 Å². The minimum absolute atomic E-state index is 0.264. The van der Waals surface area contributed by atoms with Crippen molar-refractivity contribution in [2.45, 2.75) is 43.9 Å². The van der Waals surface area contributed by atoms with Crippen molar-refractivity contribution < 1.29 is 9.59 Å². The molecule has 27 heavy (non-hydrogen) atoms. The molecule has 0 radical (unpaired) electrons. The van der Waals surface area contributed by atoms with Crippen LogP contribution in [-0.4, -0.2) is 72.3 Å². The van der Waals surface area contributed by atoms with Crippen molar-refractivity contribution >= 4 is 11.8 Å². The fraction of sp³-hybridized carbons (Fsp3) is 0.636. The van der Waals surface area contributed by atoms with Crippen LogP contribution in [0, 0.1) is 0 Å². The molecule has 5 heteroatoms. The second-order valence-electron chi connectivity index (χ2n) is 8.31. The summed E-state index contributed by atoms with van der Waals surface area (Å²) < 4.78 is 0. The van der Waals surface area contributed by atoms with Gasteiger partial charge in [-0.1, -0.05) is 43.2 Å². The number of hydrogen-bond acceptors (Lipinski definition) is 3. The lowest BCUT2D eigenvalue weighted by Gasteiger charge is -2.37. The van der Waals surface area contributed by atoms with E-state index in [-0.39, 0.29) is 17.2 Å². The van der Waals surface area contributed by atoms with Crippen LogP contribution in [0.15, 0.2) is 30.3 Å². The van der Waals surface area contributed by atoms with E-state index < -0.39 is 0 Å². The largest absolute Gasteiger partial charge is 0.342 e. The average Bonchev–Trinajstić information content (AvgIpc) is 3.54. The molecule has 1 aliphatic carbocycles. The SMILES string of the molecule is O=C(CN1CCN(C(=O)C2(c3ccccc3)CC2)CC1)N1CCCCCC1. The van der Waals surface area contributed by atoms with Gasteiger partial charge in [0.2, 0.25) is 11.8 Å². The molecule has 0 spiro atoms. The Morgan fingerprint density at radius 2 is 1.41 bits per heavy atom. The number of hydrogen-bond donors (Lipinski definition) is 0. The fourth-order valence-electron chi connectivity index (χ4n) is 4.53. The normalized spacial score (nSPS) is 23.0. The molecule has 3 fully saturated rings. The molecular formula is C22H31N3O2. The van der Waals surface area contributed by atoms with Crippen molar-refractivity contribution in [1.29, 1.82) is 0 Å². The molecule has 1 saturated carbocycles. The monoisotopic (exact) mass is 369 g/mol. The van der Waals surface area contributed by atoms with Gasteiger partial charge in [-0.05, 0) is 31.2 Å². The maximum atomic E-state index is 13.1. The van der Waals surface area contributed by atoms with E-state index in [4.69, 9.17) is 0 Å². The van der Waals surface area contributed by atoms with Crippen LogP contribution in [0.1, 0.15) is 44.1 Å². The molecular weight excluding hydrogens is 338 g/mol. The zero-order chi connectivity index (χ0) is 18.7. The van der Waals surface area contributed by atoms with E-state index >= 15 is 0 Å². The number of amides is 2. The van der Waals surface area contributed by atoms with Crippen molar-refractivity contribution in [3.05, 3.63) is 35.9 Å². The minimum Gasteiger partial charge on any atom is -0.342 e. The van der Waals surface area contributed by atoms with Crippen LogP contribution in [-0.2, 0) is 15.0 Å². The van der Waals surface area contributed by atoms with E-state index in [0.29, 0.717) is 6.54 Å². The van der Waals surface area contributed by atoms with Crippen molar-refractivity contribution in [3.8, 4) is 0 Å². The molecule has 4 rings (SSSR count). The molecule has 0 bridgehead atoms. The number of carbonyl (C=O) groups is 2. The first-order chi connectivity index (χ1) is 13.2. The molecule has 0 atom stereocenters. The van der Waals surface area contributed by atoms with Gasteiger partial charge in [-0.3, -0.25) is 14.5 Å². The Bertz CT molecular complexity index is 655. The van der Waals surface area contributed by atoms with E-state index in [1.54, 1.807) is 0 Å². The molecule has 2 amide bonds. The summed E-state index contributed by atoms with van der Waals surface area (Å²) in [5.74, 6) is 0.548. The van der Waals surface area contributed by atoms with Crippen LogP contribution in [0.2, 0.25) is 0 Å². The van der Waals surface area contributed by atoms with Crippen LogP contribution in [0.4, 0.5) is 0 Å². The van der Waals surface area contributed by atoms with Gasteiger partial charge in [-0.2, -0.15) is 0 Å². The summed E-state index contributed by atoms with van der Waals surface area (Å²) in [7, 11) is 0. The van der Waals surface area contributed by atoms with Gasteiger partial charge in [0.25, 0.3) is 0 Å². The molecule has 2 heterocycles. The lowest BCUT2D eigenvalue weighted by Crippen LogP contribution is -2.53. The number of benzene rings is 1. The first-order valence-electron chi connectivity index (χ1n) is 10.5. The number of likely N-dealkylation sites (tertiary alicyclic amines) is 1. The molecule has 3 aliphatic rings. The van der Waals surface area contributed by atoms with E-state index in [1.807, 2.05) is 28.0 Å². The Kier molecular flexibility index (Phi) is 5.48. The summed E-state index contributed by atoms with van der Waals surface area (Å²) in [6.07, 6.45) is 6.68. The third-order valence-corrected chi connectivity index (χ3v) is 6.46. The Morgan fingerprint density at radius 3 is 2.00 bits per heavy atom. The summed E-state index contributed by atoms with van der Waals surface area (Å²) in [4.78, 5) is 32.0. The van der Waals surface area contributed by atoms with Crippen molar-refractivity contribution in [1.82, 2.24) is 14.7 Å². The summed E-state index contributed by atoms with van der Waals surface area (Å²) >= 11 is 0. The van der Waals surface area contributed by atoms with Gasteiger partial charge < -0.3 is 9.80 Å². The standard InChI is InChI=1S/C22H31N3O2/c26-20(24-12-6-1-2-7-13-24)18-23-14-16-25(17-15-23)21(27)22(10-11-22)19-8-4-3-5-9-19/h3-5,8-9H,1-2,6-7,10-18H2. The average molecular weight is 370 g/mol. The molecule has 0 unspecified atom stereocenters. The smallest absolute Gasteiger partial charge is 0.236 e. The van der Waals surface area contributed by atoms with Crippen molar-refractivity contribution in [2.75, 3.05) is 45.8 Å². The Morgan fingerprint density at radius 1 is 0.778 bits per heavy atom. The van der Waals surface area contributed by atoms with Crippen LogP contribution in [0.25, 0.3) is 0 Å². The molecule has 2 saturated heterocycles. The van der Waals surface area contributed by atoms with E-state index in [2.05, 4.69) is 17.0 Å². The second-order valence-corrected chi connectivity index (χ2v) is 8.31. The minimum atomic E-state index is -0.273. The Hall–Kier alpha value is -1.88. The van der Waals surface area contributed by atoms with Crippen LogP contribution >= 0.6 is 0 Å². The van der Waals surface area contributed by atoms with Gasteiger partial charge in [-0.15, -0.1) is 0 Å². The van der Waals surface area contributed by atoms with Gasteiger partial charge in [-0.25, -0.2) is 0 Å². The van der Waals surface area contributed by atoms with Gasteiger partial charge >= 0.3 is 0 Å². The third kappa shape index (κ3) is 4.03. The number of nitrogens with zero attached hydrogens (tertiary/aromatic N) is 3. The zero-order valence-electron chi connectivity index (χ0n) is 16.2. The molecule has 5 nitrogen and oxygen atoms in total. The Balaban J connectivity index is 1.29. The summed E-state index contributed by atoms with van der Waals surface area (Å²) in [5, 5.41) is 0. The molecule has 1 aromatic carbocycles. The van der Waals surface area contributed by atoms with Crippen molar-refractivity contribution in [3.63, 3.8) is 0 Å². The summed E-state index contributed by atoms with van der Waals surface area (Å²) in [6, 6.07) is 10.2. The Labute approximate surface area is 162 Å². The highest BCUT2D eigenvalue weighted by Gasteiger charge is 2.53. The molecule has 1 aromatic rings. The van der Waals surface area contributed by atoms with Crippen LogP contribution in [0.5, 0.6) is 0 Å². The van der Waals surface area contributed by atoms with Gasteiger partial charge in [0, 0.05) is 39.3 Å². The molecule has 146 valence electrons. The third-order valence-electron chi connectivity index (χ3n) is 6.46. The lowest BCUT2D eigenvalue weighted by atomic mass is 9.94. The fourth-order valence-corrected chi connectivity index (χ4v) is 4.53. The first-order valence-corrected chi connectivity index (χ1v) is 10.5. The van der Waals surface area contributed by atoms with Gasteiger partial charge in [0.1, 0.15) is 0 Å². The number of rotatable bonds is 4. The predicted molar refractivity (Wildman–Crippen MR) is 105 cm³/mol. The highest BCUT2D eigenvalue weighted by atomic mass is 16.2. The number of piperazine rings is 1. The van der Waals surface area contributed by atoms with Gasteiger partial charge in [0.05, 0.1) is 12.0 Å². The summed E-state index contributed by atoms with van der Waals surface area (Å²) in [5.41, 5.74) is 0.888. The van der Waals surface area contributed by atoms with E-state index in [1.165, 1.54) is 12.8 Å². The quantitative estimate of drug-likeness (QED) is 0.818. The summed E-state index contributed by atoms with van der Waals surface area (Å²) in [6.45, 7) is 5.41. The second kappa shape index (κ2) is 8.01. The lowest BCUT2D eigenvalue weighted by molar-refractivity contribution is -0.137.